The standard InChI is InChI=1S/C12H17N.C4H8/c1-9-5-10(2)7-12(6-9)8-11(3)13-4;1-4(2)3/h5-7H,8H2,1-4H3;1H2,2-3H3. The highest BCUT2D eigenvalue weighted by atomic mass is 14.7. The van der Waals surface area contributed by atoms with Crippen LogP contribution < -0.4 is 0 Å². The molecule has 94 valence electrons. The van der Waals surface area contributed by atoms with Gasteiger partial charge >= 0.3 is 0 Å². The zero-order chi connectivity index (χ0) is 13.4. The Morgan fingerprint density at radius 2 is 1.47 bits per heavy atom. The van der Waals surface area contributed by atoms with Crippen LogP contribution in [0.2, 0.25) is 0 Å². The molecule has 0 heterocycles. The van der Waals surface area contributed by atoms with Gasteiger partial charge in [-0.3, -0.25) is 4.99 Å². The first-order chi connectivity index (χ1) is 7.85. The van der Waals surface area contributed by atoms with E-state index in [0.29, 0.717) is 0 Å². The first kappa shape index (κ1) is 15.6. The maximum Gasteiger partial charge on any atom is 0.0276 e. The summed E-state index contributed by atoms with van der Waals surface area (Å²) in [6, 6.07) is 6.64. The molecule has 0 aromatic heterocycles. The van der Waals surface area contributed by atoms with Crippen molar-refractivity contribution in [3.63, 3.8) is 0 Å². The molecule has 1 rings (SSSR count). The summed E-state index contributed by atoms with van der Waals surface area (Å²) >= 11 is 0. The fourth-order valence-electron chi connectivity index (χ4n) is 1.55. The lowest BCUT2D eigenvalue weighted by atomic mass is 10.0. The third-order valence-electron chi connectivity index (χ3n) is 2.12. The van der Waals surface area contributed by atoms with Crippen molar-refractivity contribution in [2.75, 3.05) is 7.05 Å². The monoisotopic (exact) mass is 231 g/mol. The first-order valence-corrected chi connectivity index (χ1v) is 5.96. The number of aryl methyl sites for hydroxylation is 2. The van der Waals surface area contributed by atoms with Crippen LogP contribution in [0, 0.1) is 13.8 Å². The lowest BCUT2D eigenvalue weighted by molar-refractivity contribution is 1.23. The van der Waals surface area contributed by atoms with Gasteiger partial charge in [-0.15, -0.1) is 6.58 Å². The molecule has 0 aliphatic heterocycles. The summed E-state index contributed by atoms with van der Waals surface area (Å²) < 4.78 is 0. The topological polar surface area (TPSA) is 12.4 Å². The lowest BCUT2D eigenvalue weighted by Gasteiger charge is -2.04. The zero-order valence-corrected chi connectivity index (χ0v) is 12.1. The fraction of sp³-hybridized carbons (Fsp3) is 0.438. The van der Waals surface area contributed by atoms with E-state index in [1.165, 1.54) is 28.0 Å². The van der Waals surface area contributed by atoms with Crippen LogP contribution >= 0.6 is 0 Å². The minimum absolute atomic E-state index is 0.971. The molecule has 0 amide bonds. The summed E-state index contributed by atoms with van der Waals surface area (Å²) in [5.74, 6) is 0. The summed E-state index contributed by atoms with van der Waals surface area (Å²) in [6.45, 7) is 13.8. The Morgan fingerprint density at radius 3 is 1.82 bits per heavy atom. The molecule has 0 saturated carbocycles. The van der Waals surface area contributed by atoms with Crippen molar-refractivity contribution in [3.05, 3.63) is 47.0 Å². The highest BCUT2D eigenvalue weighted by molar-refractivity contribution is 5.84. The molecule has 0 spiro atoms. The fourth-order valence-corrected chi connectivity index (χ4v) is 1.55. The summed E-state index contributed by atoms with van der Waals surface area (Å²) in [7, 11) is 1.85. The normalized spacial score (nSPS) is 10.6. The van der Waals surface area contributed by atoms with Crippen molar-refractivity contribution >= 4 is 5.71 Å². The Kier molecular flexibility index (Phi) is 7.20. The second kappa shape index (κ2) is 7.83. The highest BCUT2D eigenvalue weighted by Gasteiger charge is 1.97. The van der Waals surface area contributed by atoms with E-state index in [4.69, 9.17) is 0 Å². The predicted octanol–water partition coefficient (Wildman–Crippen LogP) is 4.52. The van der Waals surface area contributed by atoms with E-state index in [9.17, 15) is 0 Å². The number of hydrogen-bond acceptors (Lipinski definition) is 1. The van der Waals surface area contributed by atoms with Gasteiger partial charge in [0.2, 0.25) is 0 Å². The van der Waals surface area contributed by atoms with Crippen LogP contribution in [-0.2, 0) is 6.42 Å². The van der Waals surface area contributed by atoms with E-state index >= 15 is 0 Å². The van der Waals surface area contributed by atoms with Crippen molar-refractivity contribution < 1.29 is 0 Å². The summed E-state index contributed by atoms with van der Waals surface area (Å²) in [5.41, 5.74) is 6.38. The Balaban J connectivity index is 0.000000557. The van der Waals surface area contributed by atoms with Crippen LogP contribution in [0.5, 0.6) is 0 Å². The molecular weight excluding hydrogens is 206 g/mol. The minimum atomic E-state index is 0.971. The summed E-state index contributed by atoms with van der Waals surface area (Å²) in [5, 5.41) is 0. The average Bonchev–Trinajstić information content (AvgIpc) is 2.14. The van der Waals surface area contributed by atoms with Crippen LogP contribution in [0.4, 0.5) is 0 Å². The van der Waals surface area contributed by atoms with Gasteiger partial charge < -0.3 is 0 Å². The molecule has 0 atom stereocenters. The van der Waals surface area contributed by atoms with Crippen molar-refractivity contribution in [2.45, 2.75) is 41.0 Å². The van der Waals surface area contributed by atoms with Gasteiger partial charge in [0.25, 0.3) is 0 Å². The van der Waals surface area contributed by atoms with Crippen molar-refractivity contribution in [2.24, 2.45) is 4.99 Å². The summed E-state index contributed by atoms with van der Waals surface area (Å²) in [4.78, 5) is 4.16. The van der Waals surface area contributed by atoms with Crippen LogP contribution in [-0.4, -0.2) is 12.8 Å². The maximum absolute atomic E-state index is 4.16. The molecule has 1 heteroatoms. The number of rotatable bonds is 2. The Hall–Kier alpha value is -1.37. The van der Waals surface area contributed by atoms with Crippen molar-refractivity contribution in [3.8, 4) is 0 Å². The number of hydrogen-bond donors (Lipinski definition) is 0. The molecular formula is C16H25N. The first-order valence-electron chi connectivity index (χ1n) is 5.96. The SMILES string of the molecule is C=C(C)C.CN=C(C)Cc1cc(C)cc(C)c1. The lowest BCUT2D eigenvalue weighted by Crippen LogP contribution is -1.98. The second-order valence-electron chi connectivity index (χ2n) is 4.84. The van der Waals surface area contributed by atoms with E-state index in [1.54, 1.807) is 0 Å². The van der Waals surface area contributed by atoms with Gasteiger partial charge in [0.15, 0.2) is 0 Å². The van der Waals surface area contributed by atoms with Crippen LogP contribution in [0.3, 0.4) is 0 Å². The van der Waals surface area contributed by atoms with E-state index in [1.807, 2.05) is 20.9 Å². The van der Waals surface area contributed by atoms with Gasteiger partial charge in [-0.25, -0.2) is 0 Å². The Morgan fingerprint density at radius 1 is 1.06 bits per heavy atom. The molecule has 1 nitrogen and oxygen atoms in total. The number of benzene rings is 1. The van der Waals surface area contributed by atoms with Crippen molar-refractivity contribution in [1.29, 1.82) is 0 Å². The van der Waals surface area contributed by atoms with E-state index in [0.717, 1.165) is 6.42 Å². The van der Waals surface area contributed by atoms with Crippen LogP contribution in [0.15, 0.2) is 35.3 Å². The quantitative estimate of drug-likeness (QED) is 0.524. The van der Waals surface area contributed by atoms with Gasteiger partial charge in [-0.2, -0.15) is 0 Å². The van der Waals surface area contributed by atoms with E-state index in [2.05, 4.69) is 50.5 Å². The van der Waals surface area contributed by atoms with Crippen molar-refractivity contribution in [1.82, 2.24) is 0 Å². The molecule has 0 bridgehead atoms. The smallest absolute Gasteiger partial charge is 0.0276 e. The van der Waals surface area contributed by atoms with E-state index < -0.39 is 0 Å². The average molecular weight is 231 g/mol. The van der Waals surface area contributed by atoms with Crippen LogP contribution in [0.1, 0.15) is 37.5 Å². The van der Waals surface area contributed by atoms with Gasteiger partial charge in [-0.05, 0) is 40.2 Å². The molecule has 1 aromatic rings. The van der Waals surface area contributed by atoms with Gasteiger partial charge in [0.05, 0.1) is 0 Å². The predicted molar refractivity (Wildman–Crippen MR) is 79.1 cm³/mol. The molecule has 0 N–H and O–H groups in total. The Labute approximate surface area is 106 Å². The van der Waals surface area contributed by atoms with Gasteiger partial charge in [0.1, 0.15) is 0 Å². The van der Waals surface area contributed by atoms with Gasteiger partial charge in [0, 0.05) is 19.2 Å². The third kappa shape index (κ3) is 8.44. The number of allylic oxidation sites excluding steroid dienone is 1. The number of nitrogens with zero attached hydrogens (tertiary/aromatic N) is 1. The molecule has 0 saturated heterocycles. The van der Waals surface area contributed by atoms with Crippen LogP contribution in [0.25, 0.3) is 0 Å². The molecule has 1 aromatic carbocycles. The maximum atomic E-state index is 4.16. The second-order valence-corrected chi connectivity index (χ2v) is 4.84. The number of aliphatic imine (C=N–C) groups is 1. The third-order valence-corrected chi connectivity index (χ3v) is 2.12. The molecule has 0 aliphatic carbocycles. The summed E-state index contributed by atoms with van der Waals surface area (Å²) in [6.07, 6.45) is 0.971. The van der Waals surface area contributed by atoms with Gasteiger partial charge in [-0.1, -0.05) is 34.9 Å². The molecule has 0 fully saturated rings. The molecule has 17 heavy (non-hydrogen) atoms. The largest absolute Gasteiger partial charge is 0.297 e. The molecule has 0 aliphatic rings. The highest BCUT2D eigenvalue weighted by Crippen LogP contribution is 2.09. The zero-order valence-electron chi connectivity index (χ0n) is 12.1. The molecule has 0 radical (unpaired) electrons. The molecule has 0 unspecified atom stereocenters. The Bertz CT molecular complexity index is 376. The van der Waals surface area contributed by atoms with E-state index in [-0.39, 0.29) is 0 Å². The minimum Gasteiger partial charge on any atom is -0.297 e.